The van der Waals surface area contributed by atoms with E-state index >= 15 is 0 Å². The molecule has 0 aliphatic carbocycles. The number of nitrogens with two attached hydrogens (primary N) is 1. The molecule has 0 fully saturated rings. The number of benzene rings is 1. The van der Waals surface area contributed by atoms with Gasteiger partial charge in [0.25, 0.3) is 0 Å². The standard InChI is InChI=1S/C15H14Br2N2OS/c16-11-2-1-9-7-19(8-10(9)5-11)15(20)13(18)6-12-3-4-14(17)21-12/h1-5,13H,6-8,18H2/t13-/m1/s1. The van der Waals surface area contributed by atoms with Crippen molar-refractivity contribution in [2.75, 3.05) is 0 Å². The summed E-state index contributed by atoms with van der Waals surface area (Å²) in [6.45, 7) is 1.30. The van der Waals surface area contributed by atoms with Crippen molar-refractivity contribution in [1.82, 2.24) is 4.90 Å². The summed E-state index contributed by atoms with van der Waals surface area (Å²) in [5, 5.41) is 0. The summed E-state index contributed by atoms with van der Waals surface area (Å²) < 4.78 is 2.11. The van der Waals surface area contributed by atoms with Crippen LogP contribution in [-0.2, 0) is 24.3 Å². The van der Waals surface area contributed by atoms with Crippen LogP contribution < -0.4 is 5.73 Å². The number of rotatable bonds is 3. The lowest BCUT2D eigenvalue weighted by Gasteiger charge is -2.19. The van der Waals surface area contributed by atoms with Crippen molar-refractivity contribution in [3.8, 4) is 0 Å². The Balaban J connectivity index is 1.66. The number of thiophene rings is 1. The number of halogens is 2. The van der Waals surface area contributed by atoms with E-state index in [1.807, 2.05) is 23.1 Å². The number of fused-ring (bicyclic) bond motifs is 1. The highest BCUT2D eigenvalue weighted by molar-refractivity contribution is 9.11. The molecule has 0 spiro atoms. The summed E-state index contributed by atoms with van der Waals surface area (Å²) >= 11 is 8.52. The van der Waals surface area contributed by atoms with Crippen LogP contribution >= 0.6 is 43.2 Å². The normalized spacial score (nSPS) is 15.1. The largest absolute Gasteiger partial charge is 0.333 e. The van der Waals surface area contributed by atoms with Crippen molar-refractivity contribution in [1.29, 1.82) is 0 Å². The maximum absolute atomic E-state index is 12.5. The molecule has 1 aromatic heterocycles. The lowest BCUT2D eigenvalue weighted by Crippen LogP contribution is -2.42. The van der Waals surface area contributed by atoms with Crippen molar-refractivity contribution in [3.05, 3.63) is 54.6 Å². The van der Waals surface area contributed by atoms with E-state index in [1.165, 1.54) is 11.1 Å². The lowest BCUT2D eigenvalue weighted by molar-refractivity contribution is -0.133. The smallest absolute Gasteiger partial charge is 0.240 e. The monoisotopic (exact) mass is 428 g/mol. The Morgan fingerprint density at radius 1 is 1.24 bits per heavy atom. The molecule has 3 rings (SSSR count). The second-order valence-corrected chi connectivity index (χ2v) is 8.59. The highest BCUT2D eigenvalue weighted by Crippen LogP contribution is 2.27. The van der Waals surface area contributed by atoms with E-state index in [9.17, 15) is 4.79 Å². The molecule has 0 bridgehead atoms. The maximum atomic E-state index is 12.5. The van der Waals surface area contributed by atoms with Gasteiger partial charge in [-0.15, -0.1) is 11.3 Å². The van der Waals surface area contributed by atoms with Gasteiger partial charge in [0.2, 0.25) is 5.91 Å². The third kappa shape index (κ3) is 3.39. The summed E-state index contributed by atoms with van der Waals surface area (Å²) in [6, 6.07) is 9.67. The molecule has 110 valence electrons. The summed E-state index contributed by atoms with van der Waals surface area (Å²) in [5.74, 6) is 0.0202. The molecule has 6 heteroatoms. The topological polar surface area (TPSA) is 46.3 Å². The van der Waals surface area contributed by atoms with Crippen LogP contribution in [0.25, 0.3) is 0 Å². The van der Waals surface area contributed by atoms with Gasteiger partial charge in [-0.3, -0.25) is 4.79 Å². The van der Waals surface area contributed by atoms with Crippen LogP contribution in [0, 0.1) is 0 Å². The Labute approximate surface area is 144 Å². The van der Waals surface area contributed by atoms with E-state index in [0.717, 1.165) is 13.1 Å². The number of amides is 1. The molecular formula is C15H14Br2N2OS. The zero-order valence-corrected chi connectivity index (χ0v) is 15.2. The zero-order valence-electron chi connectivity index (χ0n) is 11.2. The van der Waals surface area contributed by atoms with E-state index in [0.29, 0.717) is 19.5 Å². The van der Waals surface area contributed by atoms with Gasteiger partial charge in [0.05, 0.1) is 9.83 Å². The van der Waals surface area contributed by atoms with Crippen LogP contribution in [0.15, 0.2) is 38.6 Å². The molecule has 2 heterocycles. The summed E-state index contributed by atoms with van der Waals surface area (Å²) in [7, 11) is 0. The predicted octanol–water partition coefficient (Wildman–Crippen LogP) is 3.69. The SMILES string of the molecule is N[C@H](Cc1ccc(Br)s1)C(=O)N1Cc2ccc(Br)cc2C1. The molecule has 0 saturated carbocycles. The van der Waals surface area contributed by atoms with Gasteiger partial charge in [0.1, 0.15) is 0 Å². The van der Waals surface area contributed by atoms with Gasteiger partial charge in [-0.1, -0.05) is 22.0 Å². The van der Waals surface area contributed by atoms with E-state index in [-0.39, 0.29) is 5.91 Å². The Morgan fingerprint density at radius 2 is 2.00 bits per heavy atom. The lowest BCUT2D eigenvalue weighted by atomic mass is 10.1. The first-order valence-electron chi connectivity index (χ1n) is 6.59. The molecule has 2 N–H and O–H groups in total. The predicted molar refractivity (Wildman–Crippen MR) is 92.1 cm³/mol. The number of carbonyl (C=O) groups excluding carboxylic acids is 1. The molecule has 0 radical (unpaired) electrons. The molecule has 1 aliphatic rings. The molecular weight excluding hydrogens is 416 g/mol. The average molecular weight is 430 g/mol. The van der Waals surface area contributed by atoms with Crippen molar-refractivity contribution >= 4 is 49.1 Å². The summed E-state index contributed by atoms with van der Waals surface area (Å²) in [6.07, 6.45) is 0.589. The molecule has 1 aliphatic heterocycles. The molecule has 0 unspecified atom stereocenters. The van der Waals surface area contributed by atoms with Crippen LogP contribution in [0.1, 0.15) is 16.0 Å². The fourth-order valence-corrected chi connectivity index (χ4v) is 4.47. The van der Waals surface area contributed by atoms with Crippen LogP contribution in [0.3, 0.4) is 0 Å². The molecule has 1 aromatic carbocycles. The molecule has 3 nitrogen and oxygen atoms in total. The van der Waals surface area contributed by atoms with Crippen LogP contribution in [0.4, 0.5) is 0 Å². The highest BCUT2D eigenvalue weighted by Gasteiger charge is 2.27. The van der Waals surface area contributed by atoms with Gasteiger partial charge < -0.3 is 10.6 Å². The first kappa shape index (κ1) is 15.2. The number of hydrogen-bond donors (Lipinski definition) is 1. The molecule has 1 amide bonds. The summed E-state index contributed by atoms with van der Waals surface area (Å²) in [4.78, 5) is 15.5. The molecule has 0 saturated heterocycles. The minimum absolute atomic E-state index is 0.0202. The van der Waals surface area contributed by atoms with Crippen LogP contribution in [0.5, 0.6) is 0 Å². The molecule has 21 heavy (non-hydrogen) atoms. The third-order valence-electron chi connectivity index (χ3n) is 3.57. The maximum Gasteiger partial charge on any atom is 0.240 e. The van der Waals surface area contributed by atoms with Gasteiger partial charge in [0.15, 0.2) is 0 Å². The van der Waals surface area contributed by atoms with Crippen molar-refractivity contribution in [2.24, 2.45) is 5.73 Å². The van der Waals surface area contributed by atoms with Crippen molar-refractivity contribution in [3.63, 3.8) is 0 Å². The first-order chi connectivity index (χ1) is 10.0. The Morgan fingerprint density at radius 3 is 2.71 bits per heavy atom. The van der Waals surface area contributed by atoms with E-state index in [2.05, 4.69) is 44.0 Å². The Kier molecular flexibility index (Phi) is 4.49. The second kappa shape index (κ2) is 6.20. The van der Waals surface area contributed by atoms with Gasteiger partial charge in [-0.05, 0) is 51.3 Å². The first-order valence-corrected chi connectivity index (χ1v) is 8.99. The van der Waals surface area contributed by atoms with E-state index in [1.54, 1.807) is 11.3 Å². The second-order valence-electron chi connectivity index (χ2n) is 5.12. The minimum Gasteiger partial charge on any atom is -0.333 e. The van der Waals surface area contributed by atoms with Crippen LogP contribution in [0.2, 0.25) is 0 Å². The fourth-order valence-electron chi connectivity index (χ4n) is 2.52. The quantitative estimate of drug-likeness (QED) is 0.808. The number of hydrogen-bond acceptors (Lipinski definition) is 3. The third-order valence-corrected chi connectivity index (χ3v) is 5.71. The van der Waals surface area contributed by atoms with E-state index < -0.39 is 6.04 Å². The zero-order chi connectivity index (χ0) is 15.0. The van der Waals surface area contributed by atoms with Crippen molar-refractivity contribution < 1.29 is 4.79 Å². The average Bonchev–Trinajstić information content (AvgIpc) is 3.03. The number of nitrogens with zero attached hydrogens (tertiary/aromatic N) is 1. The highest BCUT2D eigenvalue weighted by atomic mass is 79.9. The molecule has 1 atom stereocenters. The van der Waals surface area contributed by atoms with Gasteiger partial charge in [-0.25, -0.2) is 0 Å². The Hall–Kier alpha value is -0.690. The van der Waals surface area contributed by atoms with Gasteiger partial charge in [0, 0.05) is 28.9 Å². The van der Waals surface area contributed by atoms with Gasteiger partial charge >= 0.3 is 0 Å². The fraction of sp³-hybridized carbons (Fsp3) is 0.267. The van der Waals surface area contributed by atoms with Crippen LogP contribution in [-0.4, -0.2) is 16.8 Å². The Bertz CT molecular complexity index is 686. The van der Waals surface area contributed by atoms with Gasteiger partial charge in [-0.2, -0.15) is 0 Å². The van der Waals surface area contributed by atoms with E-state index in [4.69, 9.17) is 5.73 Å². The summed E-state index contributed by atoms with van der Waals surface area (Å²) in [5.41, 5.74) is 8.50. The van der Waals surface area contributed by atoms with Crippen molar-refractivity contribution in [2.45, 2.75) is 25.6 Å². The molecule has 2 aromatic rings. The minimum atomic E-state index is -0.478. The number of carbonyl (C=O) groups is 1.